The van der Waals surface area contributed by atoms with E-state index in [0.29, 0.717) is 0 Å². The molecule has 4 atom stereocenters. The molecule has 2 heteroatoms. The van der Waals surface area contributed by atoms with Gasteiger partial charge in [0.05, 0.1) is 0 Å². The molecule has 0 saturated carbocycles. The molecule has 0 amide bonds. The van der Waals surface area contributed by atoms with Gasteiger partial charge < -0.3 is 5.32 Å². The highest BCUT2D eigenvalue weighted by molar-refractivity contribution is 4.86. The highest BCUT2D eigenvalue weighted by atomic mass is 15.2. The van der Waals surface area contributed by atoms with Gasteiger partial charge in [0.1, 0.15) is 0 Å². The first-order valence-corrected chi connectivity index (χ1v) is 7.69. The Hall–Kier alpha value is -0.0800. The molecule has 1 N–H and O–H groups in total. The lowest BCUT2D eigenvalue weighted by molar-refractivity contribution is 0.0525. The van der Waals surface area contributed by atoms with Crippen LogP contribution in [0.4, 0.5) is 0 Å². The molecule has 2 fully saturated rings. The van der Waals surface area contributed by atoms with Crippen molar-refractivity contribution in [2.24, 2.45) is 0 Å². The van der Waals surface area contributed by atoms with Crippen LogP contribution >= 0.6 is 0 Å². The lowest BCUT2D eigenvalue weighted by Crippen LogP contribution is -2.51. The Balaban J connectivity index is 1.86. The molecular formula is C15H30N2. The summed E-state index contributed by atoms with van der Waals surface area (Å²) in [6, 6.07) is 3.10. The van der Waals surface area contributed by atoms with E-state index in [2.05, 4.69) is 31.0 Å². The summed E-state index contributed by atoms with van der Waals surface area (Å²) >= 11 is 0. The summed E-state index contributed by atoms with van der Waals surface area (Å²) in [4.78, 5) is 2.78. The molecule has 2 nitrogen and oxygen atoms in total. The van der Waals surface area contributed by atoms with Crippen molar-refractivity contribution < 1.29 is 0 Å². The predicted octanol–water partition coefficient (Wildman–Crippen LogP) is 3.17. The summed E-state index contributed by atoms with van der Waals surface area (Å²) in [5.41, 5.74) is 0. The van der Waals surface area contributed by atoms with Crippen molar-refractivity contribution in [3.8, 4) is 0 Å². The second-order valence-electron chi connectivity index (χ2n) is 6.31. The van der Waals surface area contributed by atoms with E-state index >= 15 is 0 Å². The Kier molecular flexibility index (Phi) is 4.87. The molecule has 0 aromatic carbocycles. The molecule has 0 aromatic rings. The fraction of sp³-hybridized carbons (Fsp3) is 1.00. The van der Waals surface area contributed by atoms with Crippen LogP contribution in [0, 0.1) is 0 Å². The molecule has 2 aliphatic rings. The smallest absolute Gasteiger partial charge is 0.00873 e. The van der Waals surface area contributed by atoms with Gasteiger partial charge in [-0.3, -0.25) is 4.90 Å². The van der Waals surface area contributed by atoms with E-state index < -0.39 is 0 Å². The Morgan fingerprint density at radius 1 is 1.06 bits per heavy atom. The van der Waals surface area contributed by atoms with Crippen LogP contribution in [0.5, 0.6) is 0 Å². The molecule has 2 unspecified atom stereocenters. The summed E-state index contributed by atoms with van der Waals surface area (Å²) in [5.74, 6) is 0. The Morgan fingerprint density at radius 2 is 1.76 bits per heavy atom. The van der Waals surface area contributed by atoms with Gasteiger partial charge in [-0.2, -0.15) is 0 Å². The molecule has 100 valence electrons. The third-order valence-electron chi connectivity index (χ3n) is 4.81. The Bertz CT molecular complexity index is 213. The first-order chi connectivity index (χ1) is 8.18. The average molecular weight is 238 g/mol. The maximum atomic E-state index is 3.69. The zero-order chi connectivity index (χ0) is 12.3. The van der Waals surface area contributed by atoms with Gasteiger partial charge in [0, 0.05) is 24.2 Å². The van der Waals surface area contributed by atoms with E-state index in [1.165, 1.54) is 51.5 Å². The maximum Gasteiger partial charge on any atom is 0.00873 e. The minimum atomic E-state index is 0.746. The number of hydrogen-bond acceptors (Lipinski definition) is 2. The number of nitrogens with zero attached hydrogens (tertiary/aromatic N) is 1. The van der Waals surface area contributed by atoms with Crippen molar-refractivity contribution in [2.45, 2.75) is 89.9 Å². The van der Waals surface area contributed by atoms with Crippen LogP contribution in [0.25, 0.3) is 0 Å². The normalized spacial score (nSPS) is 37.9. The standard InChI is InChI=1S/C15H30N2/c1-12-7-6-8-13(2)17(12)14(3)11-15-9-4-5-10-16-15/h12-16H,4-11H2,1-3H3/t12-,13+,14?,15?. The van der Waals surface area contributed by atoms with Gasteiger partial charge in [-0.05, 0) is 59.4 Å². The lowest BCUT2D eigenvalue weighted by atomic mass is 9.92. The quantitative estimate of drug-likeness (QED) is 0.812. The van der Waals surface area contributed by atoms with Gasteiger partial charge in [0.25, 0.3) is 0 Å². The first-order valence-electron chi connectivity index (χ1n) is 7.69. The summed E-state index contributed by atoms with van der Waals surface area (Å²) in [6.07, 6.45) is 9.75. The number of piperidine rings is 2. The fourth-order valence-electron chi connectivity index (χ4n) is 3.97. The van der Waals surface area contributed by atoms with Crippen molar-refractivity contribution in [2.75, 3.05) is 6.54 Å². The third-order valence-corrected chi connectivity index (χ3v) is 4.81. The summed E-state index contributed by atoms with van der Waals surface area (Å²) < 4.78 is 0. The summed E-state index contributed by atoms with van der Waals surface area (Å²) in [6.45, 7) is 8.51. The van der Waals surface area contributed by atoms with Gasteiger partial charge in [-0.15, -0.1) is 0 Å². The predicted molar refractivity (Wildman–Crippen MR) is 74.3 cm³/mol. The minimum Gasteiger partial charge on any atom is -0.314 e. The minimum absolute atomic E-state index is 0.746. The second kappa shape index (κ2) is 6.19. The van der Waals surface area contributed by atoms with Gasteiger partial charge >= 0.3 is 0 Å². The molecule has 17 heavy (non-hydrogen) atoms. The number of likely N-dealkylation sites (tertiary alicyclic amines) is 1. The lowest BCUT2D eigenvalue weighted by Gasteiger charge is -2.44. The Morgan fingerprint density at radius 3 is 2.35 bits per heavy atom. The Labute approximate surface area is 107 Å². The van der Waals surface area contributed by atoms with Crippen LogP contribution in [0.2, 0.25) is 0 Å². The van der Waals surface area contributed by atoms with E-state index in [4.69, 9.17) is 0 Å². The van der Waals surface area contributed by atoms with Crippen molar-refractivity contribution in [3.63, 3.8) is 0 Å². The van der Waals surface area contributed by atoms with Crippen molar-refractivity contribution in [1.29, 1.82) is 0 Å². The monoisotopic (exact) mass is 238 g/mol. The molecule has 2 aliphatic heterocycles. The number of hydrogen-bond donors (Lipinski definition) is 1. The molecule has 0 spiro atoms. The highest BCUT2D eigenvalue weighted by Crippen LogP contribution is 2.27. The average Bonchev–Trinajstić information content (AvgIpc) is 2.30. The zero-order valence-corrected chi connectivity index (χ0v) is 11.9. The van der Waals surface area contributed by atoms with Gasteiger partial charge in [-0.1, -0.05) is 12.8 Å². The van der Waals surface area contributed by atoms with Crippen molar-refractivity contribution >= 4 is 0 Å². The topological polar surface area (TPSA) is 15.3 Å². The van der Waals surface area contributed by atoms with E-state index in [9.17, 15) is 0 Å². The summed E-state index contributed by atoms with van der Waals surface area (Å²) in [7, 11) is 0. The molecule has 2 heterocycles. The van der Waals surface area contributed by atoms with Crippen LogP contribution < -0.4 is 5.32 Å². The fourth-order valence-corrected chi connectivity index (χ4v) is 3.97. The van der Waals surface area contributed by atoms with Crippen LogP contribution in [0.1, 0.15) is 65.7 Å². The van der Waals surface area contributed by atoms with Crippen LogP contribution in [0.15, 0.2) is 0 Å². The van der Waals surface area contributed by atoms with Gasteiger partial charge in [0.2, 0.25) is 0 Å². The van der Waals surface area contributed by atoms with Crippen LogP contribution in [0.3, 0.4) is 0 Å². The summed E-state index contributed by atoms with van der Waals surface area (Å²) in [5, 5.41) is 3.69. The second-order valence-corrected chi connectivity index (χ2v) is 6.31. The molecule has 0 aliphatic carbocycles. The zero-order valence-electron chi connectivity index (χ0n) is 11.9. The van der Waals surface area contributed by atoms with E-state index in [1.807, 2.05) is 0 Å². The maximum absolute atomic E-state index is 3.69. The van der Waals surface area contributed by atoms with E-state index in [1.54, 1.807) is 0 Å². The molecule has 2 saturated heterocycles. The molecule has 0 aromatic heterocycles. The van der Waals surface area contributed by atoms with E-state index in [-0.39, 0.29) is 0 Å². The SMILES string of the molecule is CC(CC1CCCCN1)N1[C@H](C)CCC[C@@H]1C. The number of rotatable bonds is 3. The van der Waals surface area contributed by atoms with Crippen molar-refractivity contribution in [1.82, 2.24) is 10.2 Å². The van der Waals surface area contributed by atoms with Gasteiger partial charge in [0.15, 0.2) is 0 Å². The molecular weight excluding hydrogens is 208 g/mol. The highest BCUT2D eigenvalue weighted by Gasteiger charge is 2.30. The van der Waals surface area contributed by atoms with Crippen molar-refractivity contribution in [3.05, 3.63) is 0 Å². The van der Waals surface area contributed by atoms with Gasteiger partial charge in [-0.25, -0.2) is 0 Å². The first kappa shape index (κ1) is 13.4. The largest absolute Gasteiger partial charge is 0.314 e. The molecule has 0 radical (unpaired) electrons. The molecule has 2 rings (SSSR count). The van der Waals surface area contributed by atoms with E-state index in [0.717, 1.165) is 24.2 Å². The molecule has 0 bridgehead atoms. The van der Waals surface area contributed by atoms with Crippen LogP contribution in [-0.2, 0) is 0 Å². The number of nitrogens with one attached hydrogen (secondary N) is 1. The van der Waals surface area contributed by atoms with Crippen LogP contribution in [-0.4, -0.2) is 35.6 Å². The third kappa shape index (κ3) is 3.45.